The van der Waals surface area contributed by atoms with Gasteiger partial charge in [0.15, 0.2) is 6.10 Å². The topological polar surface area (TPSA) is 74.2 Å². The van der Waals surface area contributed by atoms with Gasteiger partial charge in [-0.15, -0.1) is 12.4 Å². The van der Waals surface area contributed by atoms with Gasteiger partial charge < -0.3 is 20.2 Å². The first-order valence-electron chi connectivity index (χ1n) is 9.55. The molecular weight excluding hydrogens is 421 g/mol. The molecule has 1 atom stereocenters. The molecule has 1 heterocycles. The van der Waals surface area contributed by atoms with Crippen LogP contribution in [0.15, 0.2) is 89.7 Å². The minimum atomic E-state index is -1.84. The molecular formula is C23H25ClFN3O3. The van der Waals surface area contributed by atoms with Crippen molar-refractivity contribution in [3.8, 4) is 0 Å². The average Bonchev–Trinajstić information content (AvgIpc) is 2.78. The van der Waals surface area contributed by atoms with Crippen LogP contribution in [0, 0.1) is 0 Å². The molecule has 3 rings (SSSR count). The first kappa shape index (κ1) is 24.1. The molecule has 1 unspecified atom stereocenters. The number of likely N-dealkylation sites (N-methyl/N-ethyl adjacent to an activating group) is 1. The average molecular weight is 446 g/mol. The number of hydrogen-bond acceptors (Lipinski definition) is 5. The number of oxime groups is 1. The van der Waals surface area contributed by atoms with Crippen molar-refractivity contribution in [2.45, 2.75) is 11.8 Å². The van der Waals surface area contributed by atoms with Gasteiger partial charge in [-0.3, -0.25) is 4.79 Å². The molecule has 1 amide bonds. The second-order valence-corrected chi connectivity index (χ2v) is 6.75. The zero-order valence-corrected chi connectivity index (χ0v) is 17.8. The summed E-state index contributed by atoms with van der Waals surface area (Å²) in [7, 11) is 1.60. The van der Waals surface area contributed by atoms with Crippen molar-refractivity contribution >= 4 is 24.5 Å². The van der Waals surface area contributed by atoms with Gasteiger partial charge in [-0.1, -0.05) is 65.8 Å². The van der Waals surface area contributed by atoms with Gasteiger partial charge in [0.1, 0.15) is 12.9 Å². The van der Waals surface area contributed by atoms with Crippen LogP contribution in [0.5, 0.6) is 0 Å². The SMILES string of the molecule is CN1C=CC=C(C(=O)NCCF)C1(O)C=NOC(c1ccccc1)c1ccccc1.Cl. The fourth-order valence-corrected chi connectivity index (χ4v) is 3.09. The number of nitrogens with one attached hydrogen (secondary N) is 1. The molecule has 0 aromatic heterocycles. The standard InChI is InChI=1S/C23H24FN3O3.ClH/c1-27-16-8-13-20(22(28)25-15-14-24)23(27,29)17-26-30-21(18-9-4-2-5-10-18)19-11-6-3-7-12-19;/h2-13,16-17,21,29H,14-15H2,1H3,(H,25,28);1H. The summed E-state index contributed by atoms with van der Waals surface area (Å²) in [5, 5.41) is 17.6. The highest BCUT2D eigenvalue weighted by Crippen LogP contribution is 2.28. The van der Waals surface area contributed by atoms with Crippen LogP contribution in [0.4, 0.5) is 4.39 Å². The first-order valence-corrected chi connectivity index (χ1v) is 9.55. The number of halogens is 2. The van der Waals surface area contributed by atoms with Gasteiger partial charge in [-0.05, 0) is 23.3 Å². The lowest BCUT2D eigenvalue weighted by Gasteiger charge is -2.36. The summed E-state index contributed by atoms with van der Waals surface area (Å²) in [6.45, 7) is -0.840. The number of rotatable bonds is 8. The van der Waals surface area contributed by atoms with Crippen LogP contribution in [-0.2, 0) is 9.63 Å². The number of benzene rings is 2. The molecule has 6 nitrogen and oxygen atoms in total. The Hall–Kier alpha value is -3.16. The predicted molar refractivity (Wildman–Crippen MR) is 120 cm³/mol. The maximum absolute atomic E-state index is 12.4. The third-order valence-corrected chi connectivity index (χ3v) is 4.74. The number of hydrogen-bond donors (Lipinski definition) is 2. The number of allylic oxidation sites excluding steroid dienone is 2. The highest BCUT2D eigenvalue weighted by atomic mass is 35.5. The Morgan fingerprint density at radius 3 is 2.32 bits per heavy atom. The second kappa shape index (κ2) is 11.3. The molecule has 0 fully saturated rings. The highest BCUT2D eigenvalue weighted by molar-refractivity contribution is 6.01. The largest absolute Gasteiger partial charge is 0.383 e. The lowest BCUT2D eigenvalue weighted by atomic mass is 9.99. The Morgan fingerprint density at radius 1 is 1.19 bits per heavy atom. The zero-order valence-electron chi connectivity index (χ0n) is 17.0. The van der Waals surface area contributed by atoms with E-state index in [9.17, 15) is 14.3 Å². The number of alkyl halides is 1. The molecule has 164 valence electrons. The quantitative estimate of drug-likeness (QED) is 0.482. The van der Waals surface area contributed by atoms with Crippen LogP contribution in [0.3, 0.4) is 0 Å². The Balaban J connectivity index is 0.00000341. The molecule has 1 aliphatic heterocycles. The molecule has 31 heavy (non-hydrogen) atoms. The third kappa shape index (κ3) is 5.71. The number of amides is 1. The normalized spacial score (nSPS) is 17.9. The van der Waals surface area contributed by atoms with Gasteiger partial charge >= 0.3 is 0 Å². The van der Waals surface area contributed by atoms with Crippen molar-refractivity contribution < 1.29 is 19.1 Å². The minimum Gasteiger partial charge on any atom is -0.383 e. The van der Waals surface area contributed by atoms with Gasteiger partial charge in [0, 0.05) is 19.8 Å². The summed E-state index contributed by atoms with van der Waals surface area (Å²) in [5.74, 6) is -0.583. The van der Waals surface area contributed by atoms with E-state index in [0.29, 0.717) is 0 Å². The van der Waals surface area contributed by atoms with E-state index in [4.69, 9.17) is 4.84 Å². The number of aliphatic hydroxyl groups is 1. The smallest absolute Gasteiger partial charge is 0.252 e. The van der Waals surface area contributed by atoms with E-state index in [1.165, 1.54) is 11.0 Å². The summed E-state index contributed by atoms with van der Waals surface area (Å²) < 4.78 is 12.4. The number of carbonyl (C=O) groups is 1. The molecule has 0 saturated carbocycles. The summed E-state index contributed by atoms with van der Waals surface area (Å²) in [5.41, 5.74) is -0.0424. The van der Waals surface area contributed by atoms with Crippen LogP contribution in [0.2, 0.25) is 0 Å². The Morgan fingerprint density at radius 2 is 1.77 bits per heavy atom. The lowest BCUT2D eigenvalue weighted by molar-refractivity contribution is -0.120. The highest BCUT2D eigenvalue weighted by Gasteiger charge is 2.39. The van der Waals surface area contributed by atoms with Crippen LogP contribution in [0.25, 0.3) is 0 Å². The summed E-state index contributed by atoms with van der Waals surface area (Å²) >= 11 is 0. The van der Waals surface area contributed by atoms with E-state index in [0.717, 1.165) is 17.3 Å². The summed E-state index contributed by atoms with van der Waals surface area (Å²) in [4.78, 5) is 19.6. The molecule has 0 saturated heterocycles. The second-order valence-electron chi connectivity index (χ2n) is 6.75. The summed E-state index contributed by atoms with van der Waals surface area (Å²) in [6, 6.07) is 19.1. The number of carbonyl (C=O) groups excluding carboxylic acids is 1. The van der Waals surface area contributed by atoms with E-state index in [-0.39, 0.29) is 24.5 Å². The maximum Gasteiger partial charge on any atom is 0.252 e. The van der Waals surface area contributed by atoms with Gasteiger partial charge in [-0.25, -0.2) is 4.39 Å². The Kier molecular flexibility index (Phi) is 8.78. The molecule has 0 spiro atoms. The van der Waals surface area contributed by atoms with E-state index in [1.807, 2.05) is 60.7 Å². The molecule has 8 heteroatoms. The molecule has 0 radical (unpaired) electrons. The van der Waals surface area contributed by atoms with Crippen molar-refractivity contribution in [2.24, 2.45) is 5.16 Å². The molecule has 1 aliphatic rings. The molecule has 2 aromatic carbocycles. The molecule has 0 aliphatic carbocycles. The van der Waals surface area contributed by atoms with Crippen molar-refractivity contribution in [3.63, 3.8) is 0 Å². The van der Waals surface area contributed by atoms with E-state index >= 15 is 0 Å². The van der Waals surface area contributed by atoms with Gasteiger partial charge in [0.05, 0.1) is 5.57 Å². The lowest BCUT2D eigenvalue weighted by Crippen LogP contribution is -2.52. The fourth-order valence-electron chi connectivity index (χ4n) is 3.09. The van der Waals surface area contributed by atoms with Crippen LogP contribution >= 0.6 is 12.4 Å². The van der Waals surface area contributed by atoms with Gasteiger partial charge in [0.25, 0.3) is 5.91 Å². The molecule has 2 N–H and O–H groups in total. The third-order valence-electron chi connectivity index (χ3n) is 4.74. The van der Waals surface area contributed by atoms with Crippen LogP contribution in [-0.4, -0.2) is 48.1 Å². The predicted octanol–water partition coefficient (Wildman–Crippen LogP) is 3.36. The Labute approximate surface area is 187 Å². The molecule has 0 bridgehead atoms. The summed E-state index contributed by atoms with van der Waals surface area (Å²) in [6.07, 6.45) is 5.35. The van der Waals surface area contributed by atoms with Crippen LogP contribution < -0.4 is 5.32 Å². The van der Waals surface area contributed by atoms with Crippen molar-refractivity contribution in [2.75, 3.05) is 20.3 Å². The van der Waals surface area contributed by atoms with E-state index < -0.39 is 24.4 Å². The van der Waals surface area contributed by atoms with Crippen LogP contribution in [0.1, 0.15) is 17.2 Å². The van der Waals surface area contributed by atoms with Gasteiger partial charge in [-0.2, -0.15) is 0 Å². The van der Waals surface area contributed by atoms with Crippen molar-refractivity contribution in [1.29, 1.82) is 0 Å². The fraction of sp³-hybridized carbons (Fsp3) is 0.217. The van der Waals surface area contributed by atoms with Crippen molar-refractivity contribution in [3.05, 3.63) is 95.7 Å². The zero-order chi connectivity index (χ0) is 21.4. The van der Waals surface area contributed by atoms with Crippen molar-refractivity contribution in [1.82, 2.24) is 10.2 Å². The molecule has 2 aromatic rings. The first-order chi connectivity index (χ1) is 14.6. The monoisotopic (exact) mass is 445 g/mol. The van der Waals surface area contributed by atoms with Gasteiger partial charge in [0.2, 0.25) is 5.72 Å². The minimum absolute atomic E-state index is 0. The Bertz CT molecular complexity index is 898. The number of nitrogens with zero attached hydrogens (tertiary/aromatic N) is 2. The maximum atomic E-state index is 12.4. The van der Waals surface area contributed by atoms with E-state index in [1.54, 1.807) is 19.3 Å². The van der Waals surface area contributed by atoms with E-state index in [2.05, 4.69) is 10.5 Å².